The lowest BCUT2D eigenvalue weighted by atomic mass is 9.79. The van der Waals surface area contributed by atoms with Gasteiger partial charge in [-0.15, -0.1) is 0 Å². The molecule has 298 valence electrons. The van der Waals surface area contributed by atoms with Crippen LogP contribution >= 0.6 is 22.6 Å². The van der Waals surface area contributed by atoms with Gasteiger partial charge >= 0.3 is 15.6 Å². The van der Waals surface area contributed by atoms with Crippen molar-refractivity contribution in [1.82, 2.24) is 0 Å². The van der Waals surface area contributed by atoms with Crippen molar-refractivity contribution in [1.29, 1.82) is 0 Å². The van der Waals surface area contributed by atoms with Crippen molar-refractivity contribution in [3.63, 3.8) is 0 Å². The van der Waals surface area contributed by atoms with E-state index in [9.17, 15) is 31.8 Å². The molecule has 0 unspecified atom stereocenters. The molecule has 1 aliphatic rings. The van der Waals surface area contributed by atoms with Crippen LogP contribution < -0.4 is 4.18 Å². The molecule has 10 heteroatoms. The van der Waals surface area contributed by atoms with Gasteiger partial charge in [-0.25, -0.2) is 0 Å². The zero-order chi connectivity index (χ0) is 41.4. The SMILES string of the molecule is CC(C)(C)c1cc2c(O)c(c1)Cc1cc(C(C)(C)C)cc(c1OS(=O)(=O)C(F)(F)F)Cc1cc(C(C)(C)C)cc(c1O)Cc1cc(C(C)(C)C)cc(c1I)C2. The van der Waals surface area contributed by atoms with Gasteiger partial charge < -0.3 is 14.4 Å². The van der Waals surface area contributed by atoms with E-state index in [2.05, 4.69) is 97.0 Å². The quantitative estimate of drug-likeness (QED) is 0.105. The van der Waals surface area contributed by atoms with Gasteiger partial charge in [0.1, 0.15) is 17.2 Å². The summed E-state index contributed by atoms with van der Waals surface area (Å²) >= 11 is 2.37. The standard InChI is InChI=1S/C45H54F3IO5S/c1-41(2,3)33-17-25-13-27-19-34(42(4,5)6)21-29(38(27)50)15-31-23-36(44(10,11)12)24-32(40(31)54-55(52,53)45(46,47)48)16-30-22-35(43(7,8)9)20-28(39(30)51)14-26(18-33)37(25)49/h17-24,50-51H,13-16H2,1-12H3. The van der Waals surface area contributed by atoms with Crippen molar-refractivity contribution in [2.24, 2.45) is 0 Å². The van der Waals surface area contributed by atoms with E-state index in [4.69, 9.17) is 4.18 Å². The van der Waals surface area contributed by atoms with Crippen LogP contribution in [0.15, 0.2) is 48.5 Å². The molecule has 0 fully saturated rings. The first-order chi connectivity index (χ1) is 24.9. The van der Waals surface area contributed by atoms with Gasteiger partial charge in [0.15, 0.2) is 0 Å². The molecular weight excluding hydrogens is 836 g/mol. The monoisotopic (exact) mass is 890 g/mol. The number of phenols is 2. The predicted octanol–water partition coefficient (Wildman–Crippen LogP) is 11.8. The third-order valence-corrected chi connectivity index (χ3v) is 12.8. The van der Waals surface area contributed by atoms with E-state index in [1.165, 1.54) is 0 Å². The van der Waals surface area contributed by atoms with Gasteiger partial charge in [0.2, 0.25) is 0 Å². The summed E-state index contributed by atoms with van der Waals surface area (Å²) in [5, 5.41) is 24.2. The summed E-state index contributed by atoms with van der Waals surface area (Å²) < 4.78 is 74.1. The van der Waals surface area contributed by atoms with Gasteiger partial charge in [-0.1, -0.05) is 132 Å². The van der Waals surface area contributed by atoms with E-state index in [1.54, 1.807) is 12.1 Å². The number of fused-ring (bicyclic) bond motifs is 8. The second kappa shape index (κ2) is 14.3. The van der Waals surface area contributed by atoms with Crippen LogP contribution in [0.1, 0.15) is 150 Å². The molecule has 4 aromatic rings. The Balaban J connectivity index is 1.97. The molecule has 0 aromatic heterocycles. The molecule has 2 N–H and O–H groups in total. The summed E-state index contributed by atoms with van der Waals surface area (Å²) in [5.41, 5.74) is 0.970. The van der Waals surface area contributed by atoms with Gasteiger partial charge in [0.25, 0.3) is 0 Å². The molecule has 0 aliphatic heterocycles. The molecule has 4 aromatic carbocycles. The zero-order valence-electron chi connectivity index (χ0n) is 34.0. The van der Waals surface area contributed by atoms with E-state index in [0.29, 0.717) is 35.1 Å². The molecule has 5 nitrogen and oxygen atoms in total. The Labute approximate surface area is 339 Å². The fourth-order valence-electron chi connectivity index (χ4n) is 6.90. The van der Waals surface area contributed by atoms with Crippen LogP contribution in [0.25, 0.3) is 0 Å². The number of phenolic OH excluding ortho intramolecular Hbond substituents is 2. The highest BCUT2D eigenvalue weighted by Crippen LogP contribution is 2.43. The average molecular weight is 891 g/mol. The Bertz CT molecular complexity index is 2140. The Morgan fingerprint density at radius 3 is 0.982 bits per heavy atom. The lowest BCUT2D eigenvalue weighted by Gasteiger charge is -2.27. The highest BCUT2D eigenvalue weighted by Gasteiger charge is 2.49. The predicted molar refractivity (Wildman–Crippen MR) is 223 cm³/mol. The van der Waals surface area contributed by atoms with Crippen LogP contribution in [0.2, 0.25) is 0 Å². The Morgan fingerprint density at radius 2 is 0.727 bits per heavy atom. The van der Waals surface area contributed by atoms with Crippen LogP contribution in [0, 0.1) is 3.57 Å². The summed E-state index contributed by atoms with van der Waals surface area (Å²) in [6.07, 6.45) is 0.477. The Kier molecular flexibility index (Phi) is 11.1. The first-order valence-electron chi connectivity index (χ1n) is 18.6. The maximum Gasteiger partial charge on any atom is 0.534 e. The zero-order valence-corrected chi connectivity index (χ0v) is 37.0. The summed E-state index contributed by atoms with van der Waals surface area (Å²) in [5.74, 6) is -0.483. The van der Waals surface area contributed by atoms with Crippen molar-refractivity contribution < 1.29 is 36.0 Å². The molecule has 0 atom stereocenters. The van der Waals surface area contributed by atoms with Crippen LogP contribution in [-0.2, 0) is 57.5 Å². The van der Waals surface area contributed by atoms with Crippen molar-refractivity contribution in [2.45, 2.75) is 136 Å². The van der Waals surface area contributed by atoms with Crippen LogP contribution in [0.4, 0.5) is 13.2 Å². The molecule has 8 bridgehead atoms. The molecule has 0 amide bonds. The van der Waals surface area contributed by atoms with Crippen molar-refractivity contribution in [3.8, 4) is 17.2 Å². The molecular formula is C45H54F3IO5S. The minimum Gasteiger partial charge on any atom is -0.507 e. The first-order valence-corrected chi connectivity index (χ1v) is 21.0. The fraction of sp³-hybridized carbons (Fsp3) is 0.467. The number of rotatable bonds is 2. The molecule has 5 rings (SSSR count). The van der Waals surface area contributed by atoms with Crippen molar-refractivity contribution >= 4 is 32.7 Å². The normalized spacial score (nSPS) is 14.5. The molecule has 0 saturated heterocycles. The largest absolute Gasteiger partial charge is 0.534 e. The van der Waals surface area contributed by atoms with Crippen LogP contribution in [0.5, 0.6) is 17.2 Å². The maximum atomic E-state index is 14.1. The summed E-state index contributed by atoms with van der Waals surface area (Å²) in [6.45, 7) is 24.6. The van der Waals surface area contributed by atoms with E-state index in [-0.39, 0.29) is 51.7 Å². The Morgan fingerprint density at radius 1 is 0.491 bits per heavy atom. The van der Waals surface area contributed by atoms with E-state index >= 15 is 0 Å². The van der Waals surface area contributed by atoms with Gasteiger partial charge in [-0.3, -0.25) is 0 Å². The molecule has 1 aliphatic carbocycles. The van der Waals surface area contributed by atoms with Crippen LogP contribution in [-0.4, -0.2) is 24.1 Å². The minimum atomic E-state index is -6.11. The smallest absolute Gasteiger partial charge is 0.507 e. The minimum absolute atomic E-state index is 0.0105. The number of aromatic hydroxyl groups is 2. The van der Waals surface area contributed by atoms with Gasteiger partial charge in [0.05, 0.1) is 0 Å². The summed E-state index contributed by atoms with van der Waals surface area (Å²) in [4.78, 5) is 0. The Hall–Kier alpha value is -3.25. The highest BCUT2D eigenvalue weighted by molar-refractivity contribution is 14.1. The second-order valence-electron chi connectivity index (χ2n) is 19.2. The molecule has 0 saturated carbocycles. The second-order valence-corrected chi connectivity index (χ2v) is 21.8. The molecule has 0 radical (unpaired) electrons. The molecule has 0 heterocycles. The van der Waals surface area contributed by atoms with E-state index < -0.39 is 26.8 Å². The number of hydrogen-bond acceptors (Lipinski definition) is 5. The highest BCUT2D eigenvalue weighted by atomic mass is 127. The number of hydrogen-bond donors (Lipinski definition) is 2. The number of halogens is 4. The summed E-state index contributed by atoms with van der Waals surface area (Å²) in [6, 6.07) is 15.3. The topological polar surface area (TPSA) is 83.8 Å². The van der Waals surface area contributed by atoms with E-state index in [0.717, 1.165) is 37.0 Å². The van der Waals surface area contributed by atoms with Gasteiger partial charge in [-0.05, 0) is 99.9 Å². The third kappa shape index (κ3) is 9.16. The maximum absolute atomic E-state index is 14.1. The van der Waals surface area contributed by atoms with Gasteiger partial charge in [0, 0.05) is 40.4 Å². The molecule has 55 heavy (non-hydrogen) atoms. The van der Waals surface area contributed by atoms with Crippen molar-refractivity contribution in [2.75, 3.05) is 0 Å². The lowest BCUT2D eigenvalue weighted by molar-refractivity contribution is -0.0500. The van der Waals surface area contributed by atoms with Gasteiger partial charge in [-0.2, -0.15) is 21.6 Å². The van der Waals surface area contributed by atoms with E-state index in [1.807, 2.05) is 45.0 Å². The fourth-order valence-corrected chi connectivity index (χ4v) is 8.12. The number of benzene rings is 4. The average Bonchev–Trinajstić information content (AvgIpc) is 3.00. The third-order valence-electron chi connectivity index (χ3n) is 10.5. The number of alkyl halides is 3. The first kappa shape index (κ1) is 42.9. The molecule has 0 spiro atoms. The summed E-state index contributed by atoms with van der Waals surface area (Å²) in [7, 11) is -6.11. The van der Waals surface area contributed by atoms with Crippen molar-refractivity contribution in [3.05, 3.63) is 119 Å². The van der Waals surface area contributed by atoms with Crippen LogP contribution in [0.3, 0.4) is 0 Å². The lowest BCUT2D eigenvalue weighted by Crippen LogP contribution is -2.29.